The van der Waals surface area contributed by atoms with E-state index in [2.05, 4.69) is 0 Å². The molecule has 0 spiro atoms. The van der Waals surface area contributed by atoms with Gasteiger partial charge in [-0.05, 0) is 41.5 Å². The summed E-state index contributed by atoms with van der Waals surface area (Å²) in [5.41, 5.74) is -1.87. The van der Waals surface area contributed by atoms with E-state index in [-0.39, 0.29) is 0 Å². The van der Waals surface area contributed by atoms with E-state index in [1.807, 2.05) is 0 Å². The maximum Gasteiger partial charge on any atom is 0.339 e. The van der Waals surface area contributed by atoms with Gasteiger partial charge >= 0.3 is 43.4 Å². The summed E-state index contributed by atoms with van der Waals surface area (Å²) >= 11 is 0. The minimum absolute atomic E-state index is 0.521. The number of carbonyl (C=O) groups is 6. The molecule has 1 saturated heterocycles. The minimum Gasteiger partial charge on any atom is -0.463 e. The zero-order valence-electron chi connectivity index (χ0n) is 26.7. The van der Waals surface area contributed by atoms with Crippen molar-refractivity contribution in [2.45, 2.75) is 99.8 Å². The molecule has 0 amide bonds. The van der Waals surface area contributed by atoms with Gasteiger partial charge < -0.3 is 33.2 Å². The van der Waals surface area contributed by atoms with E-state index in [0.717, 1.165) is 27.7 Å². The van der Waals surface area contributed by atoms with Crippen molar-refractivity contribution in [3.05, 3.63) is 0 Å². The molecule has 1 fully saturated rings. The number of hydrogen-bond donors (Lipinski definition) is 0. The van der Waals surface area contributed by atoms with Gasteiger partial charge in [0.1, 0.15) is 18.8 Å². The fourth-order valence-corrected chi connectivity index (χ4v) is 5.03. The van der Waals surface area contributed by atoms with Crippen LogP contribution in [0.5, 0.6) is 0 Å². The van der Waals surface area contributed by atoms with E-state index in [1.165, 1.54) is 0 Å². The Hall–Kier alpha value is -3.07. The SMILES string of the molecule is CC(=O)OCC1OC(CP(=O)(OCOC(=O)C(C)(C)C)OCOC(=O)C(C)(C)C)C(OC(C)=O)C(OC(C)=O)C1OC(C)=O. The second-order valence-electron chi connectivity index (χ2n) is 11.9. The predicted octanol–water partition coefficient (Wildman–Crippen LogP) is 2.43. The summed E-state index contributed by atoms with van der Waals surface area (Å²) in [5.74, 6) is -4.70. The summed E-state index contributed by atoms with van der Waals surface area (Å²) in [7, 11) is -4.48. The van der Waals surface area contributed by atoms with Crippen LogP contribution < -0.4 is 0 Å². The molecule has 0 aliphatic carbocycles. The molecule has 1 heterocycles. The first kappa shape index (κ1) is 39.0. The van der Waals surface area contributed by atoms with Crippen LogP contribution >= 0.6 is 7.60 Å². The van der Waals surface area contributed by atoms with Gasteiger partial charge in [-0.25, -0.2) is 0 Å². The van der Waals surface area contributed by atoms with Crippen LogP contribution in [0, 0.1) is 10.8 Å². The van der Waals surface area contributed by atoms with Gasteiger partial charge in [0, 0.05) is 27.7 Å². The second-order valence-corrected chi connectivity index (χ2v) is 14.0. The normalized spacial score (nSPS) is 22.3. The van der Waals surface area contributed by atoms with Gasteiger partial charge in [0.15, 0.2) is 18.3 Å². The molecular formula is C27H43O16P. The first-order valence-corrected chi connectivity index (χ1v) is 15.3. The maximum atomic E-state index is 14.0. The Labute approximate surface area is 256 Å². The second kappa shape index (κ2) is 16.3. The highest BCUT2D eigenvalue weighted by atomic mass is 31.2. The molecule has 1 aliphatic heterocycles. The number of esters is 6. The molecular weight excluding hydrogens is 611 g/mol. The van der Waals surface area contributed by atoms with Gasteiger partial charge in [-0.2, -0.15) is 0 Å². The van der Waals surface area contributed by atoms with E-state index >= 15 is 0 Å². The highest BCUT2D eigenvalue weighted by Gasteiger charge is 2.54. The van der Waals surface area contributed by atoms with E-state index < -0.39 is 111 Å². The van der Waals surface area contributed by atoms with Crippen molar-refractivity contribution in [2.24, 2.45) is 10.8 Å². The van der Waals surface area contributed by atoms with Gasteiger partial charge in [0.05, 0.1) is 17.0 Å². The molecule has 0 saturated carbocycles. The average Bonchev–Trinajstić information content (AvgIpc) is 2.84. The molecule has 0 bridgehead atoms. The van der Waals surface area contributed by atoms with Crippen molar-refractivity contribution < 1.29 is 75.5 Å². The standard InChI is InChI=1S/C27H43O16P/c1-15(28)35-11-19-21(40-16(2)29)23(42-18(4)31)22(41-17(3)30)20(43-19)12-44(34,38-13-36-24(32)26(5,6)7)39-14-37-25(33)27(8,9)10/h19-23H,11-14H2,1-10H3. The molecule has 5 unspecified atom stereocenters. The quantitative estimate of drug-likeness (QED) is 0.121. The van der Waals surface area contributed by atoms with Crippen LogP contribution in [0.15, 0.2) is 0 Å². The summed E-state index contributed by atoms with van der Waals surface area (Å²) < 4.78 is 61.9. The lowest BCUT2D eigenvalue weighted by Crippen LogP contribution is -2.63. The summed E-state index contributed by atoms with van der Waals surface area (Å²) in [5, 5.41) is 0. The van der Waals surface area contributed by atoms with Crippen molar-refractivity contribution in [2.75, 3.05) is 26.4 Å². The Morgan fingerprint density at radius 2 is 0.977 bits per heavy atom. The fraction of sp³-hybridized carbons (Fsp3) is 0.778. The van der Waals surface area contributed by atoms with Gasteiger partial charge in [-0.1, -0.05) is 0 Å². The first-order chi connectivity index (χ1) is 20.1. The number of ether oxygens (including phenoxy) is 7. The van der Waals surface area contributed by atoms with Gasteiger partial charge in [0.2, 0.25) is 13.6 Å². The van der Waals surface area contributed by atoms with Crippen molar-refractivity contribution in [3.63, 3.8) is 0 Å². The number of hydrogen-bond acceptors (Lipinski definition) is 16. The molecule has 0 aromatic rings. The molecule has 0 N–H and O–H groups in total. The Morgan fingerprint density at radius 3 is 1.34 bits per heavy atom. The molecule has 1 aliphatic rings. The molecule has 0 aromatic carbocycles. The third-order valence-electron chi connectivity index (χ3n) is 5.59. The predicted molar refractivity (Wildman–Crippen MR) is 147 cm³/mol. The third kappa shape index (κ3) is 13.3. The molecule has 0 aromatic heterocycles. The molecule has 1 rings (SSSR count). The van der Waals surface area contributed by atoms with Crippen molar-refractivity contribution in [3.8, 4) is 0 Å². The van der Waals surface area contributed by atoms with E-state index in [0.29, 0.717) is 0 Å². The Kier molecular flexibility index (Phi) is 14.4. The van der Waals surface area contributed by atoms with Crippen molar-refractivity contribution in [1.29, 1.82) is 0 Å². The number of rotatable bonds is 13. The first-order valence-electron chi connectivity index (χ1n) is 13.6. The van der Waals surface area contributed by atoms with Crippen LogP contribution in [-0.4, -0.2) is 92.7 Å². The van der Waals surface area contributed by atoms with Crippen LogP contribution in [0.3, 0.4) is 0 Å². The molecule has 5 atom stereocenters. The van der Waals surface area contributed by atoms with E-state index in [9.17, 15) is 33.3 Å². The van der Waals surface area contributed by atoms with Gasteiger partial charge in [0.25, 0.3) is 0 Å². The Morgan fingerprint density at radius 1 is 0.591 bits per heavy atom. The highest BCUT2D eigenvalue weighted by Crippen LogP contribution is 2.51. The zero-order valence-corrected chi connectivity index (χ0v) is 27.6. The van der Waals surface area contributed by atoms with E-state index in [4.69, 9.17) is 42.2 Å². The highest BCUT2D eigenvalue weighted by molar-refractivity contribution is 7.53. The molecule has 0 radical (unpaired) electrons. The lowest BCUT2D eigenvalue weighted by atomic mass is 9.95. The molecule has 252 valence electrons. The summed E-state index contributed by atoms with van der Waals surface area (Å²) in [4.78, 5) is 72.2. The topological polar surface area (TPSA) is 203 Å². The van der Waals surface area contributed by atoms with Crippen LogP contribution in [-0.2, 0) is 75.5 Å². The molecule has 16 nitrogen and oxygen atoms in total. The van der Waals surface area contributed by atoms with E-state index in [1.54, 1.807) is 41.5 Å². The Balaban J connectivity index is 3.51. The van der Waals surface area contributed by atoms with Crippen molar-refractivity contribution >= 4 is 43.4 Å². The van der Waals surface area contributed by atoms with Gasteiger partial charge in [-0.15, -0.1) is 0 Å². The van der Waals surface area contributed by atoms with Crippen LogP contribution in [0.25, 0.3) is 0 Å². The minimum atomic E-state index is -4.48. The zero-order chi connectivity index (χ0) is 34.0. The number of carbonyl (C=O) groups excluding carboxylic acids is 6. The smallest absolute Gasteiger partial charge is 0.339 e. The molecule has 44 heavy (non-hydrogen) atoms. The van der Waals surface area contributed by atoms with Gasteiger partial charge in [-0.3, -0.25) is 42.4 Å². The van der Waals surface area contributed by atoms with Crippen LogP contribution in [0.2, 0.25) is 0 Å². The fourth-order valence-electron chi connectivity index (χ4n) is 3.58. The summed E-state index contributed by atoms with van der Waals surface area (Å²) in [6.45, 7) is 11.5. The monoisotopic (exact) mass is 654 g/mol. The summed E-state index contributed by atoms with van der Waals surface area (Å²) in [6, 6.07) is 0. The van der Waals surface area contributed by atoms with Crippen LogP contribution in [0.1, 0.15) is 69.2 Å². The Bertz CT molecular complexity index is 1070. The summed E-state index contributed by atoms with van der Waals surface area (Å²) in [6.07, 6.45) is -8.12. The average molecular weight is 655 g/mol. The maximum absolute atomic E-state index is 14.0. The lowest BCUT2D eigenvalue weighted by molar-refractivity contribution is -0.249. The van der Waals surface area contributed by atoms with Crippen molar-refractivity contribution in [1.82, 2.24) is 0 Å². The largest absolute Gasteiger partial charge is 0.463 e. The lowest BCUT2D eigenvalue weighted by Gasteiger charge is -2.44. The molecule has 17 heteroatoms. The third-order valence-corrected chi connectivity index (χ3v) is 7.40. The van der Waals surface area contributed by atoms with Crippen LogP contribution in [0.4, 0.5) is 0 Å².